The van der Waals surface area contributed by atoms with Crippen LogP contribution in [0.5, 0.6) is 0 Å². The predicted molar refractivity (Wildman–Crippen MR) is 81.2 cm³/mol. The molecule has 1 aromatic carbocycles. The van der Waals surface area contributed by atoms with E-state index in [1.807, 2.05) is 0 Å². The highest BCUT2D eigenvalue weighted by molar-refractivity contribution is 6.31. The van der Waals surface area contributed by atoms with Gasteiger partial charge in [0.2, 0.25) is 11.7 Å². The summed E-state index contributed by atoms with van der Waals surface area (Å²) in [7, 11) is 0. The van der Waals surface area contributed by atoms with Crippen molar-refractivity contribution in [3.63, 3.8) is 0 Å². The molecule has 0 saturated heterocycles. The SMILES string of the molecule is O=C(Cc1c(F)cccc1Cl)NCc1cc(-c2ccco2)on1. The summed E-state index contributed by atoms with van der Waals surface area (Å²) in [4.78, 5) is 11.9. The van der Waals surface area contributed by atoms with E-state index in [2.05, 4.69) is 10.5 Å². The highest BCUT2D eigenvalue weighted by atomic mass is 35.5. The van der Waals surface area contributed by atoms with Gasteiger partial charge in [0.25, 0.3) is 0 Å². The number of nitrogens with one attached hydrogen (secondary N) is 1. The molecule has 0 unspecified atom stereocenters. The Morgan fingerprint density at radius 2 is 2.13 bits per heavy atom. The zero-order valence-electron chi connectivity index (χ0n) is 11.9. The Morgan fingerprint density at radius 3 is 2.87 bits per heavy atom. The highest BCUT2D eigenvalue weighted by Gasteiger charge is 2.13. The number of nitrogens with zero attached hydrogens (tertiary/aromatic N) is 1. The van der Waals surface area contributed by atoms with Gasteiger partial charge in [-0.15, -0.1) is 0 Å². The number of benzene rings is 1. The Bertz CT molecular complexity index is 794. The van der Waals surface area contributed by atoms with E-state index in [-0.39, 0.29) is 29.5 Å². The molecule has 3 rings (SSSR count). The lowest BCUT2D eigenvalue weighted by Crippen LogP contribution is -2.25. The van der Waals surface area contributed by atoms with Crippen molar-refractivity contribution in [2.75, 3.05) is 0 Å². The standard InChI is InChI=1S/C16H12ClFN2O3/c17-12-3-1-4-13(18)11(12)8-16(21)19-9-10-7-15(23-20-10)14-5-2-6-22-14/h1-7H,8-9H2,(H,19,21). The molecule has 118 valence electrons. The third kappa shape index (κ3) is 3.60. The number of aromatic nitrogens is 1. The molecule has 0 bridgehead atoms. The van der Waals surface area contributed by atoms with Gasteiger partial charge >= 0.3 is 0 Å². The summed E-state index contributed by atoms with van der Waals surface area (Å²) in [5.41, 5.74) is 0.701. The Morgan fingerprint density at radius 1 is 1.26 bits per heavy atom. The molecule has 5 nitrogen and oxygen atoms in total. The van der Waals surface area contributed by atoms with Crippen LogP contribution in [0.1, 0.15) is 11.3 Å². The number of hydrogen-bond acceptors (Lipinski definition) is 4. The maximum absolute atomic E-state index is 13.6. The second-order valence-electron chi connectivity index (χ2n) is 4.81. The number of furan rings is 1. The quantitative estimate of drug-likeness (QED) is 0.774. The minimum Gasteiger partial charge on any atom is -0.461 e. The molecular formula is C16H12ClFN2O3. The van der Waals surface area contributed by atoms with Crippen LogP contribution in [0.2, 0.25) is 5.02 Å². The minimum atomic E-state index is -0.505. The molecule has 7 heteroatoms. The molecule has 0 aliphatic rings. The van der Waals surface area contributed by atoms with Gasteiger partial charge in [-0.1, -0.05) is 22.8 Å². The molecule has 1 amide bonds. The summed E-state index contributed by atoms with van der Waals surface area (Å²) in [6, 6.07) is 9.43. The van der Waals surface area contributed by atoms with Gasteiger partial charge in [0.15, 0.2) is 5.76 Å². The normalized spacial score (nSPS) is 10.7. The van der Waals surface area contributed by atoms with E-state index in [0.29, 0.717) is 17.2 Å². The number of hydrogen-bond donors (Lipinski definition) is 1. The van der Waals surface area contributed by atoms with Crippen LogP contribution < -0.4 is 5.32 Å². The Balaban J connectivity index is 1.59. The van der Waals surface area contributed by atoms with E-state index in [9.17, 15) is 9.18 Å². The Labute approximate surface area is 136 Å². The van der Waals surface area contributed by atoms with Gasteiger partial charge in [-0.3, -0.25) is 4.79 Å². The number of carbonyl (C=O) groups excluding carboxylic acids is 1. The van der Waals surface area contributed by atoms with Crippen LogP contribution in [0.15, 0.2) is 51.6 Å². The molecule has 3 aromatic rings. The second kappa shape index (κ2) is 6.66. The highest BCUT2D eigenvalue weighted by Crippen LogP contribution is 2.21. The van der Waals surface area contributed by atoms with Crippen molar-refractivity contribution in [3.8, 4) is 11.5 Å². The van der Waals surface area contributed by atoms with Crippen molar-refractivity contribution < 1.29 is 18.1 Å². The van der Waals surface area contributed by atoms with E-state index in [1.165, 1.54) is 18.4 Å². The summed E-state index contributed by atoms with van der Waals surface area (Å²) in [5.74, 6) is 0.151. The van der Waals surface area contributed by atoms with Crippen molar-refractivity contribution in [3.05, 3.63) is 64.8 Å². The average molecular weight is 335 g/mol. The number of rotatable bonds is 5. The van der Waals surface area contributed by atoms with Gasteiger partial charge in [-0.2, -0.15) is 0 Å². The van der Waals surface area contributed by atoms with E-state index < -0.39 is 5.82 Å². The van der Waals surface area contributed by atoms with Crippen LogP contribution in [0, 0.1) is 5.82 Å². The van der Waals surface area contributed by atoms with E-state index in [4.69, 9.17) is 20.5 Å². The van der Waals surface area contributed by atoms with Crippen molar-refractivity contribution in [1.82, 2.24) is 10.5 Å². The molecule has 2 heterocycles. The zero-order valence-corrected chi connectivity index (χ0v) is 12.6. The summed E-state index contributed by atoms with van der Waals surface area (Å²) < 4.78 is 23.9. The smallest absolute Gasteiger partial charge is 0.224 e. The third-order valence-corrected chi connectivity index (χ3v) is 3.54. The molecule has 0 aliphatic heterocycles. The van der Waals surface area contributed by atoms with E-state index >= 15 is 0 Å². The molecule has 0 saturated carbocycles. The number of amides is 1. The topological polar surface area (TPSA) is 68.3 Å². The van der Waals surface area contributed by atoms with Gasteiger partial charge in [-0.05, 0) is 24.3 Å². The van der Waals surface area contributed by atoms with Crippen molar-refractivity contribution in [2.24, 2.45) is 0 Å². The first kappa shape index (κ1) is 15.3. The first-order valence-electron chi connectivity index (χ1n) is 6.82. The second-order valence-corrected chi connectivity index (χ2v) is 5.22. The Kier molecular flexibility index (Phi) is 4.43. The maximum atomic E-state index is 13.6. The third-order valence-electron chi connectivity index (χ3n) is 3.19. The summed E-state index contributed by atoms with van der Waals surface area (Å²) in [6.07, 6.45) is 1.38. The van der Waals surface area contributed by atoms with Gasteiger partial charge in [0.1, 0.15) is 11.5 Å². The largest absolute Gasteiger partial charge is 0.461 e. The Hall–Kier alpha value is -2.60. The molecular weight excluding hydrogens is 323 g/mol. The van der Waals surface area contributed by atoms with Crippen molar-refractivity contribution in [1.29, 1.82) is 0 Å². The van der Waals surface area contributed by atoms with Gasteiger partial charge < -0.3 is 14.3 Å². The summed E-state index contributed by atoms with van der Waals surface area (Å²) in [6.45, 7) is 0.162. The lowest BCUT2D eigenvalue weighted by Gasteiger charge is -2.06. The van der Waals surface area contributed by atoms with E-state index in [0.717, 1.165) is 0 Å². The molecule has 23 heavy (non-hydrogen) atoms. The minimum absolute atomic E-state index is 0.144. The number of halogens is 2. The van der Waals surface area contributed by atoms with Gasteiger partial charge in [-0.25, -0.2) is 4.39 Å². The van der Waals surface area contributed by atoms with E-state index in [1.54, 1.807) is 24.3 Å². The first-order chi connectivity index (χ1) is 11.1. The lowest BCUT2D eigenvalue weighted by molar-refractivity contribution is -0.120. The fourth-order valence-corrected chi connectivity index (χ4v) is 2.27. The zero-order chi connectivity index (χ0) is 16.2. The van der Waals surface area contributed by atoms with Crippen LogP contribution in [0.4, 0.5) is 4.39 Å². The van der Waals surface area contributed by atoms with Crippen molar-refractivity contribution >= 4 is 17.5 Å². The van der Waals surface area contributed by atoms with Crippen LogP contribution in [0.3, 0.4) is 0 Å². The molecule has 2 aromatic heterocycles. The first-order valence-corrected chi connectivity index (χ1v) is 7.20. The van der Waals surface area contributed by atoms with Crippen LogP contribution in [0.25, 0.3) is 11.5 Å². The fourth-order valence-electron chi connectivity index (χ4n) is 2.04. The molecule has 0 radical (unpaired) electrons. The van der Waals surface area contributed by atoms with Crippen LogP contribution in [-0.2, 0) is 17.8 Å². The van der Waals surface area contributed by atoms with Crippen molar-refractivity contribution in [2.45, 2.75) is 13.0 Å². The molecule has 1 N–H and O–H groups in total. The molecule has 0 fully saturated rings. The lowest BCUT2D eigenvalue weighted by atomic mass is 10.1. The average Bonchev–Trinajstić information content (AvgIpc) is 3.19. The van der Waals surface area contributed by atoms with Gasteiger partial charge in [0, 0.05) is 16.7 Å². The van der Waals surface area contributed by atoms with Crippen LogP contribution in [-0.4, -0.2) is 11.1 Å². The fraction of sp³-hybridized carbons (Fsp3) is 0.125. The maximum Gasteiger partial charge on any atom is 0.224 e. The van der Waals surface area contributed by atoms with Crippen LogP contribution >= 0.6 is 11.6 Å². The summed E-state index contributed by atoms with van der Waals surface area (Å²) in [5, 5.41) is 6.70. The summed E-state index contributed by atoms with van der Waals surface area (Å²) >= 11 is 5.89. The molecule has 0 aliphatic carbocycles. The predicted octanol–water partition coefficient (Wildman–Crippen LogP) is 3.59. The van der Waals surface area contributed by atoms with Gasteiger partial charge in [0.05, 0.1) is 19.2 Å². The molecule has 0 spiro atoms. The monoisotopic (exact) mass is 334 g/mol. The number of carbonyl (C=O) groups is 1. The molecule has 0 atom stereocenters.